The van der Waals surface area contributed by atoms with Crippen LogP contribution in [0.25, 0.3) is 0 Å². The van der Waals surface area contributed by atoms with Gasteiger partial charge in [-0.25, -0.2) is 17.9 Å². The molecule has 0 aliphatic carbocycles. The van der Waals surface area contributed by atoms with Crippen molar-refractivity contribution in [3.05, 3.63) is 24.0 Å². The molecule has 1 rings (SSSR count). The Morgan fingerprint density at radius 3 is 2.69 bits per heavy atom. The van der Waals surface area contributed by atoms with Crippen LogP contribution in [0.2, 0.25) is 0 Å². The van der Waals surface area contributed by atoms with E-state index in [4.69, 9.17) is 5.14 Å². The van der Waals surface area contributed by atoms with Crippen molar-refractivity contribution in [2.24, 2.45) is 5.14 Å². The first-order chi connectivity index (χ1) is 7.45. The van der Waals surface area contributed by atoms with Crippen molar-refractivity contribution in [3.8, 4) is 0 Å². The zero-order chi connectivity index (χ0) is 12.2. The quantitative estimate of drug-likeness (QED) is 0.785. The predicted molar refractivity (Wildman–Crippen MR) is 64.6 cm³/mol. The lowest BCUT2D eigenvalue weighted by Gasteiger charge is -2.07. The number of nitrogens with one attached hydrogen (secondary N) is 1. The van der Waals surface area contributed by atoms with E-state index in [1.165, 1.54) is 12.1 Å². The molecule has 0 bridgehead atoms. The number of hydrogen-bond donors (Lipinski definition) is 2. The van der Waals surface area contributed by atoms with Crippen molar-refractivity contribution >= 4 is 27.5 Å². The number of primary sulfonamides is 1. The molecule has 0 unspecified atom stereocenters. The van der Waals surface area contributed by atoms with Crippen LogP contribution in [-0.4, -0.2) is 27.0 Å². The second-order valence-electron chi connectivity index (χ2n) is 3.11. The first-order valence-corrected chi connectivity index (χ1v) is 7.44. The van der Waals surface area contributed by atoms with Gasteiger partial charge in [-0.1, -0.05) is 0 Å². The second kappa shape index (κ2) is 5.51. The highest BCUT2D eigenvalue weighted by Crippen LogP contribution is 2.17. The minimum atomic E-state index is -3.84. The molecule has 0 radical (unpaired) electrons. The molecule has 1 aromatic carbocycles. The third kappa shape index (κ3) is 3.66. The van der Waals surface area contributed by atoms with Gasteiger partial charge in [0.15, 0.2) is 0 Å². The summed E-state index contributed by atoms with van der Waals surface area (Å²) >= 11 is 1.63. The molecule has 0 aliphatic heterocycles. The van der Waals surface area contributed by atoms with Gasteiger partial charge in [0, 0.05) is 12.3 Å². The van der Waals surface area contributed by atoms with Crippen LogP contribution >= 0.6 is 11.8 Å². The summed E-state index contributed by atoms with van der Waals surface area (Å²) in [5, 5.41) is 7.74. The Balaban J connectivity index is 2.84. The normalized spacial score (nSPS) is 11.4. The maximum absolute atomic E-state index is 13.4. The van der Waals surface area contributed by atoms with E-state index in [1.54, 1.807) is 11.8 Å². The number of benzene rings is 1. The first kappa shape index (κ1) is 13.3. The number of halogens is 1. The lowest BCUT2D eigenvalue weighted by Crippen LogP contribution is -2.13. The van der Waals surface area contributed by atoms with Crippen molar-refractivity contribution in [2.45, 2.75) is 4.90 Å². The Bertz CT molecular complexity index is 463. The third-order valence-corrected chi connectivity index (χ3v) is 3.41. The molecule has 0 aliphatic rings. The zero-order valence-corrected chi connectivity index (χ0v) is 10.4. The molecular formula is C9H13FN2O2S2. The van der Waals surface area contributed by atoms with Gasteiger partial charge in [-0.05, 0) is 24.5 Å². The van der Waals surface area contributed by atoms with E-state index in [9.17, 15) is 12.8 Å². The monoisotopic (exact) mass is 264 g/mol. The molecule has 90 valence electrons. The highest BCUT2D eigenvalue weighted by Gasteiger charge is 2.10. The molecular weight excluding hydrogens is 251 g/mol. The van der Waals surface area contributed by atoms with Crippen LogP contribution in [0, 0.1) is 5.82 Å². The molecule has 0 saturated heterocycles. The van der Waals surface area contributed by atoms with Gasteiger partial charge < -0.3 is 5.32 Å². The topological polar surface area (TPSA) is 72.2 Å². The summed E-state index contributed by atoms with van der Waals surface area (Å²) in [6.45, 7) is 0.618. The highest BCUT2D eigenvalue weighted by molar-refractivity contribution is 7.98. The van der Waals surface area contributed by atoms with Gasteiger partial charge in [0.1, 0.15) is 5.82 Å². The van der Waals surface area contributed by atoms with Crippen LogP contribution in [0.4, 0.5) is 10.1 Å². The number of sulfonamides is 1. The van der Waals surface area contributed by atoms with Crippen molar-refractivity contribution in [3.63, 3.8) is 0 Å². The number of hydrogen-bond acceptors (Lipinski definition) is 4. The van der Waals surface area contributed by atoms with Gasteiger partial charge in [0.2, 0.25) is 10.0 Å². The van der Waals surface area contributed by atoms with Gasteiger partial charge in [0.25, 0.3) is 0 Å². The number of thioether (sulfide) groups is 1. The summed E-state index contributed by atoms with van der Waals surface area (Å²) in [6.07, 6.45) is 1.95. The largest absolute Gasteiger partial charge is 0.382 e. The maximum Gasteiger partial charge on any atom is 0.238 e. The molecule has 16 heavy (non-hydrogen) atoms. The molecule has 1 aromatic rings. The molecule has 3 N–H and O–H groups in total. The molecule has 0 atom stereocenters. The summed E-state index contributed by atoms with van der Waals surface area (Å²) in [5.74, 6) is 0.226. The Labute approximate surface area is 98.5 Å². The van der Waals surface area contributed by atoms with Gasteiger partial charge in [-0.2, -0.15) is 11.8 Å². The molecule has 0 amide bonds. The summed E-state index contributed by atoms with van der Waals surface area (Å²) in [6, 6.07) is 3.56. The van der Waals surface area contributed by atoms with Gasteiger partial charge >= 0.3 is 0 Å². The number of anilines is 1. The highest BCUT2D eigenvalue weighted by atomic mass is 32.2. The average molecular weight is 264 g/mol. The smallest absolute Gasteiger partial charge is 0.238 e. The summed E-state index contributed by atoms with van der Waals surface area (Å²) in [5.41, 5.74) is 0.279. The van der Waals surface area contributed by atoms with E-state index in [2.05, 4.69) is 5.32 Å². The Morgan fingerprint density at radius 2 is 2.19 bits per heavy atom. The first-order valence-electron chi connectivity index (χ1n) is 4.50. The minimum absolute atomic E-state index is 0.222. The van der Waals surface area contributed by atoms with E-state index in [0.29, 0.717) is 6.54 Å². The molecule has 0 fully saturated rings. The second-order valence-corrected chi connectivity index (χ2v) is 5.65. The zero-order valence-electron chi connectivity index (χ0n) is 8.73. The van der Waals surface area contributed by atoms with Crippen molar-refractivity contribution in [2.75, 3.05) is 23.9 Å². The maximum atomic E-state index is 13.4. The van der Waals surface area contributed by atoms with Crippen LogP contribution in [0.3, 0.4) is 0 Å². The summed E-state index contributed by atoms with van der Waals surface area (Å²) in [4.78, 5) is -0.222. The van der Waals surface area contributed by atoms with Crippen molar-refractivity contribution < 1.29 is 12.8 Å². The van der Waals surface area contributed by atoms with Crippen LogP contribution in [0.15, 0.2) is 23.1 Å². The molecule has 0 aromatic heterocycles. The fourth-order valence-corrected chi connectivity index (χ4v) is 1.94. The van der Waals surface area contributed by atoms with E-state index >= 15 is 0 Å². The van der Waals surface area contributed by atoms with E-state index in [1.807, 2.05) is 6.26 Å². The lowest BCUT2D eigenvalue weighted by molar-refractivity contribution is 0.593. The van der Waals surface area contributed by atoms with Crippen LogP contribution in [-0.2, 0) is 10.0 Å². The van der Waals surface area contributed by atoms with Crippen LogP contribution in [0.1, 0.15) is 0 Å². The Kier molecular flexibility index (Phi) is 4.57. The number of nitrogens with two attached hydrogens (primary N) is 1. The van der Waals surface area contributed by atoms with Crippen LogP contribution < -0.4 is 10.5 Å². The minimum Gasteiger partial charge on any atom is -0.382 e. The average Bonchev–Trinajstić information content (AvgIpc) is 2.19. The fraction of sp³-hybridized carbons (Fsp3) is 0.333. The fourth-order valence-electron chi connectivity index (χ4n) is 1.10. The molecule has 0 heterocycles. The van der Waals surface area contributed by atoms with Crippen molar-refractivity contribution in [1.29, 1.82) is 0 Å². The van der Waals surface area contributed by atoms with E-state index in [0.717, 1.165) is 11.8 Å². The van der Waals surface area contributed by atoms with Gasteiger partial charge in [0.05, 0.1) is 10.6 Å². The Hall–Kier alpha value is -0.790. The number of rotatable bonds is 5. The summed E-state index contributed by atoms with van der Waals surface area (Å²) < 4.78 is 35.3. The van der Waals surface area contributed by atoms with E-state index in [-0.39, 0.29) is 10.6 Å². The van der Waals surface area contributed by atoms with Gasteiger partial charge in [-0.15, -0.1) is 0 Å². The standard InChI is InChI=1S/C9H13FN2O2S2/c1-15-5-4-12-9-3-2-7(6-8(9)10)16(11,13)14/h2-3,6,12H,4-5H2,1H3,(H2,11,13,14). The molecule has 7 heteroatoms. The SMILES string of the molecule is CSCCNc1ccc(S(N)(=O)=O)cc1F. The van der Waals surface area contributed by atoms with Crippen LogP contribution in [0.5, 0.6) is 0 Å². The lowest BCUT2D eigenvalue weighted by atomic mass is 10.3. The molecule has 0 spiro atoms. The predicted octanol–water partition coefficient (Wildman–Crippen LogP) is 1.25. The summed E-state index contributed by atoms with van der Waals surface area (Å²) in [7, 11) is -3.84. The molecule has 0 saturated carbocycles. The molecule has 4 nitrogen and oxygen atoms in total. The Morgan fingerprint density at radius 1 is 1.50 bits per heavy atom. The van der Waals surface area contributed by atoms with Crippen molar-refractivity contribution in [1.82, 2.24) is 0 Å². The third-order valence-electron chi connectivity index (χ3n) is 1.89. The van der Waals surface area contributed by atoms with E-state index < -0.39 is 15.8 Å². The van der Waals surface area contributed by atoms with Gasteiger partial charge in [-0.3, -0.25) is 0 Å².